The van der Waals surface area contributed by atoms with Gasteiger partial charge in [0.05, 0.1) is 13.2 Å². The quantitative estimate of drug-likeness (QED) is 0.857. The summed E-state index contributed by atoms with van der Waals surface area (Å²) in [6, 6.07) is 6.70. The van der Waals surface area contributed by atoms with Gasteiger partial charge in [0.15, 0.2) is 5.78 Å². The molecule has 0 saturated carbocycles. The number of methoxy groups -OCH3 is 1. The number of ether oxygens (including phenoxy) is 1. The number of benzene rings is 1. The lowest BCUT2D eigenvalue weighted by atomic mass is 9.88. The van der Waals surface area contributed by atoms with Crippen LogP contribution in [0.25, 0.3) is 0 Å². The van der Waals surface area contributed by atoms with Crippen molar-refractivity contribution in [1.29, 1.82) is 0 Å². The molecular weight excluding hydrogens is 304 g/mol. The molecule has 1 atom stereocenters. The molecule has 2 N–H and O–H groups in total. The molecule has 5 nitrogen and oxygen atoms in total. The van der Waals surface area contributed by atoms with Gasteiger partial charge in [0.1, 0.15) is 5.75 Å². The summed E-state index contributed by atoms with van der Waals surface area (Å²) in [6.07, 6.45) is 1.40. The summed E-state index contributed by atoms with van der Waals surface area (Å²) in [4.78, 5) is 26.0. The third kappa shape index (κ3) is 4.21. The summed E-state index contributed by atoms with van der Waals surface area (Å²) in [5.41, 5.74) is 6.31. The molecule has 1 aliphatic rings. The number of Topliss-reactive ketones (excluding diaryl/α,β-unsaturated/α-hetero) is 1. The predicted octanol–water partition coefficient (Wildman–Crippen LogP) is 1.89. The largest absolute Gasteiger partial charge is 0.497 e. The second kappa shape index (κ2) is 8.15. The lowest BCUT2D eigenvalue weighted by Crippen LogP contribution is -2.46. The molecule has 1 aromatic rings. The molecule has 1 saturated heterocycles. The first kappa shape index (κ1) is 18.5. The van der Waals surface area contributed by atoms with Crippen LogP contribution in [0.1, 0.15) is 30.1 Å². The molecule has 2 rings (SSSR count). The number of halogens is 1. The third-order valence-corrected chi connectivity index (χ3v) is 3.94. The topological polar surface area (TPSA) is 72.6 Å². The Balaban J connectivity index is 0.00000242. The van der Waals surface area contributed by atoms with E-state index in [0.29, 0.717) is 31.5 Å². The highest BCUT2D eigenvalue weighted by Gasteiger charge is 2.28. The maximum Gasteiger partial charge on any atom is 0.239 e. The predicted molar refractivity (Wildman–Crippen MR) is 87.5 cm³/mol. The first-order valence-corrected chi connectivity index (χ1v) is 7.25. The smallest absolute Gasteiger partial charge is 0.239 e. The van der Waals surface area contributed by atoms with Gasteiger partial charge in [-0.25, -0.2) is 0 Å². The number of amides is 1. The normalized spacial score (nSPS) is 16.6. The molecular formula is C16H23ClN2O3. The Labute approximate surface area is 137 Å². The van der Waals surface area contributed by atoms with Crippen LogP contribution in [0.3, 0.4) is 0 Å². The molecule has 0 aliphatic carbocycles. The molecule has 6 heteroatoms. The number of hydrogen-bond acceptors (Lipinski definition) is 4. The second-order valence-corrected chi connectivity index (χ2v) is 5.48. The Morgan fingerprint density at radius 1 is 1.23 bits per heavy atom. The van der Waals surface area contributed by atoms with Gasteiger partial charge in [0, 0.05) is 24.6 Å². The van der Waals surface area contributed by atoms with E-state index in [-0.39, 0.29) is 30.0 Å². The molecule has 0 bridgehead atoms. The zero-order valence-corrected chi connectivity index (χ0v) is 13.8. The van der Waals surface area contributed by atoms with Crippen molar-refractivity contribution in [2.45, 2.75) is 25.8 Å². The minimum Gasteiger partial charge on any atom is -0.497 e. The standard InChI is InChI=1S/C16H22N2O3.ClH/c1-11(17)16(20)18-9-7-13(8-10-18)15(19)12-3-5-14(21-2)6-4-12;/h3-6,11,13H,7-10,17H2,1-2H3;1H. The Kier molecular flexibility index (Phi) is 6.84. The highest BCUT2D eigenvalue weighted by molar-refractivity contribution is 5.98. The number of carbonyl (C=O) groups is 2. The second-order valence-electron chi connectivity index (χ2n) is 5.48. The number of likely N-dealkylation sites (tertiary alicyclic amines) is 1. The van der Waals surface area contributed by atoms with Gasteiger partial charge in [-0.05, 0) is 44.0 Å². The molecule has 1 aliphatic heterocycles. The zero-order chi connectivity index (χ0) is 15.4. The molecule has 122 valence electrons. The summed E-state index contributed by atoms with van der Waals surface area (Å²) in [7, 11) is 1.60. The van der Waals surface area contributed by atoms with Crippen LogP contribution in [0.2, 0.25) is 0 Å². The minimum absolute atomic E-state index is 0. The number of nitrogens with zero attached hydrogens (tertiary/aromatic N) is 1. The van der Waals surface area contributed by atoms with Gasteiger partial charge < -0.3 is 15.4 Å². The van der Waals surface area contributed by atoms with Crippen molar-refractivity contribution in [2.75, 3.05) is 20.2 Å². The van der Waals surface area contributed by atoms with E-state index in [1.807, 2.05) is 0 Å². The molecule has 1 amide bonds. The molecule has 0 radical (unpaired) electrons. The first-order valence-electron chi connectivity index (χ1n) is 7.25. The van der Waals surface area contributed by atoms with E-state index in [0.717, 1.165) is 5.75 Å². The molecule has 0 spiro atoms. The van der Waals surface area contributed by atoms with E-state index in [4.69, 9.17) is 10.5 Å². The Hall–Kier alpha value is -1.59. The van der Waals surface area contributed by atoms with Crippen molar-refractivity contribution in [2.24, 2.45) is 11.7 Å². The summed E-state index contributed by atoms with van der Waals surface area (Å²) in [5, 5.41) is 0. The van der Waals surface area contributed by atoms with E-state index in [2.05, 4.69) is 0 Å². The van der Waals surface area contributed by atoms with Crippen LogP contribution in [-0.4, -0.2) is 42.8 Å². The average molecular weight is 327 g/mol. The van der Waals surface area contributed by atoms with Crippen LogP contribution in [0, 0.1) is 5.92 Å². The van der Waals surface area contributed by atoms with Crippen molar-refractivity contribution >= 4 is 24.1 Å². The fraction of sp³-hybridized carbons (Fsp3) is 0.500. The van der Waals surface area contributed by atoms with Gasteiger partial charge in [-0.15, -0.1) is 12.4 Å². The Morgan fingerprint density at radius 2 is 1.77 bits per heavy atom. The van der Waals surface area contributed by atoms with Gasteiger partial charge >= 0.3 is 0 Å². The Morgan fingerprint density at radius 3 is 2.23 bits per heavy atom. The van der Waals surface area contributed by atoms with Crippen molar-refractivity contribution < 1.29 is 14.3 Å². The molecule has 1 fully saturated rings. The van der Waals surface area contributed by atoms with Crippen molar-refractivity contribution in [3.63, 3.8) is 0 Å². The van der Waals surface area contributed by atoms with Gasteiger partial charge in [0.2, 0.25) is 5.91 Å². The van der Waals surface area contributed by atoms with Crippen LogP contribution in [0.4, 0.5) is 0 Å². The maximum absolute atomic E-state index is 12.4. The van der Waals surface area contributed by atoms with Crippen molar-refractivity contribution in [1.82, 2.24) is 4.90 Å². The SMILES string of the molecule is COc1ccc(C(=O)C2CCN(C(=O)C(C)N)CC2)cc1.Cl. The lowest BCUT2D eigenvalue weighted by molar-refractivity contribution is -0.133. The van der Waals surface area contributed by atoms with Crippen LogP contribution in [0.5, 0.6) is 5.75 Å². The fourth-order valence-corrected chi connectivity index (χ4v) is 2.64. The van der Waals surface area contributed by atoms with Crippen molar-refractivity contribution in [3.05, 3.63) is 29.8 Å². The number of rotatable bonds is 4. The number of ketones is 1. The molecule has 1 aromatic carbocycles. The number of hydrogen-bond donors (Lipinski definition) is 1. The van der Waals surface area contributed by atoms with E-state index >= 15 is 0 Å². The summed E-state index contributed by atoms with van der Waals surface area (Å²) in [5.74, 6) is 0.829. The molecule has 0 aromatic heterocycles. The molecule has 22 heavy (non-hydrogen) atoms. The average Bonchev–Trinajstić information content (AvgIpc) is 2.53. The summed E-state index contributed by atoms with van der Waals surface area (Å²) in [6.45, 7) is 2.90. The maximum atomic E-state index is 12.4. The van der Waals surface area contributed by atoms with E-state index in [9.17, 15) is 9.59 Å². The van der Waals surface area contributed by atoms with Crippen LogP contribution in [-0.2, 0) is 4.79 Å². The fourth-order valence-electron chi connectivity index (χ4n) is 2.64. The number of carbonyl (C=O) groups excluding carboxylic acids is 2. The highest BCUT2D eigenvalue weighted by Crippen LogP contribution is 2.23. The monoisotopic (exact) mass is 326 g/mol. The van der Waals surface area contributed by atoms with Crippen LogP contribution >= 0.6 is 12.4 Å². The van der Waals surface area contributed by atoms with Gasteiger partial charge in [-0.2, -0.15) is 0 Å². The van der Waals surface area contributed by atoms with Gasteiger partial charge in [-0.3, -0.25) is 9.59 Å². The van der Waals surface area contributed by atoms with E-state index < -0.39 is 6.04 Å². The van der Waals surface area contributed by atoms with Gasteiger partial charge in [0.25, 0.3) is 0 Å². The van der Waals surface area contributed by atoms with Crippen LogP contribution in [0.15, 0.2) is 24.3 Å². The van der Waals surface area contributed by atoms with E-state index in [1.54, 1.807) is 43.2 Å². The number of piperidine rings is 1. The zero-order valence-electron chi connectivity index (χ0n) is 13.0. The molecule has 1 heterocycles. The van der Waals surface area contributed by atoms with Crippen LogP contribution < -0.4 is 10.5 Å². The van der Waals surface area contributed by atoms with E-state index in [1.165, 1.54) is 0 Å². The highest BCUT2D eigenvalue weighted by atomic mass is 35.5. The number of nitrogens with two attached hydrogens (primary N) is 1. The minimum atomic E-state index is -0.473. The van der Waals surface area contributed by atoms with Gasteiger partial charge in [-0.1, -0.05) is 0 Å². The third-order valence-electron chi connectivity index (χ3n) is 3.94. The first-order chi connectivity index (χ1) is 10.0. The summed E-state index contributed by atoms with van der Waals surface area (Å²) < 4.78 is 5.09. The Bertz CT molecular complexity index is 509. The molecule has 1 unspecified atom stereocenters. The lowest BCUT2D eigenvalue weighted by Gasteiger charge is -2.32. The summed E-state index contributed by atoms with van der Waals surface area (Å²) >= 11 is 0. The van der Waals surface area contributed by atoms with Crippen molar-refractivity contribution in [3.8, 4) is 5.75 Å².